The summed E-state index contributed by atoms with van der Waals surface area (Å²) in [5.41, 5.74) is 7.66. The van der Waals surface area contributed by atoms with Gasteiger partial charge in [0.25, 0.3) is 0 Å². The number of para-hydroxylation sites is 1. The van der Waals surface area contributed by atoms with Gasteiger partial charge in [0.1, 0.15) is 0 Å². The van der Waals surface area contributed by atoms with Gasteiger partial charge >= 0.3 is 0 Å². The lowest BCUT2D eigenvalue weighted by molar-refractivity contribution is 0.423. The highest BCUT2D eigenvalue weighted by atomic mass is 15.0. The standard InChI is InChI=1S/C28H25N/c1-28(2,3)29-26-16-10-9-15-24(26)25-19-21(17-18-27(25)29)23-14-8-7-13-22(23)20-11-5-4-6-12-20/h4-19H,1-3H3. The second-order valence-electron chi connectivity index (χ2n) is 8.67. The summed E-state index contributed by atoms with van der Waals surface area (Å²) in [4.78, 5) is 0. The van der Waals surface area contributed by atoms with Crippen molar-refractivity contribution in [2.75, 3.05) is 0 Å². The third-order valence-corrected chi connectivity index (χ3v) is 5.67. The third kappa shape index (κ3) is 2.94. The summed E-state index contributed by atoms with van der Waals surface area (Å²) >= 11 is 0. The van der Waals surface area contributed by atoms with E-state index in [-0.39, 0.29) is 5.54 Å². The largest absolute Gasteiger partial charge is 0.335 e. The predicted octanol–water partition coefficient (Wildman–Crippen LogP) is 7.88. The molecule has 5 rings (SSSR count). The highest BCUT2D eigenvalue weighted by Gasteiger charge is 2.20. The first-order valence-electron chi connectivity index (χ1n) is 10.2. The Bertz CT molecular complexity index is 1320. The number of aromatic nitrogens is 1. The molecular formula is C28H25N. The molecule has 0 unspecified atom stereocenters. The van der Waals surface area contributed by atoms with E-state index in [0.29, 0.717) is 0 Å². The summed E-state index contributed by atoms with van der Waals surface area (Å²) < 4.78 is 2.46. The van der Waals surface area contributed by atoms with E-state index in [1.165, 1.54) is 44.1 Å². The van der Waals surface area contributed by atoms with Crippen LogP contribution < -0.4 is 0 Å². The zero-order valence-electron chi connectivity index (χ0n) is 17.2. The molecule has 1 aromatic heterocycles. The minimum absolute atomic E-state index is 0.0187. The van der Waals surface area contributed by atoms with Gasteiger partial charge in [0.05, 0.1) is 0 Å². The lowest BCUT2D eigenvalue weighted by Crippen LogP contribution is -2.21. The molecule has 0 saturated carbocycles. The smallest absolute Gasteiger partial charge is 0.0496 e. The van der Waals surface area contributed by atoms with Crippen LogP contribution in [0.3, 0.4) is 0 Å². The van der Waals surface area contributed by atoms with E-state index in [0.717, 1.165) is 0 Å². The summed E-state index contributed by atoms with van der Waals surface area (Å²) in [6.07, 6.45) is 0. The molecule has 0 radical (unpaired) electrons. The van der Waals surface area contributed by atoms with E-state index in [4.69, 9.17) is 0 Å². The Hall–Kier alpha value is -3.32. The van der Waals surface area contributed by atoms with Gasteiger partial charge in [0.15, 0.2) is 0 Å². The molecule has 1 heteroatoms. The number of nitrogens with zero attached hydrogens (tertiary/aromatic N) is 1. The monoisotopic (exact) mass is 375 g/mol. The minimum Gasteiger partial charge on any atom is -0.335 e. The predicted molar refractivity (Wildman–Crippen MR) is 125 cm³/mol. The molecule has 0 aliphatic heterocycles. The van der Waals surface area contributed by atoms with E-state index in [1.54, 1.807) is 0 Å². The van der Waals surface area contributed by atoms with Crippen LogP contribution in [0, 0.1) is 0 Å². The Morgan fingerprint density at radius 1 is 0.517 bits per heavy atom. The van der Waals surface area contributed by atoms with Crippen LogP contribution in [0.2, 0.25) is 0 Å². The molecule has 0 atom stereocenters. The van der Waals surface area contributed by atoms with Crippen molar-refractivity contribution < 1.29 is 0 Å². The zero-order chi connectivity index (χ0) is 20.0. The first kappa shape index (κ1) is 17.8. The number of rotatable bonds is 2. The van der Waals surface area contributed by atoms with Gasteiger partial charge in [-0.05, 0) is 61.2 Å². The van der Waals surface area contributed by atoms with E-state index in [1.807, 2.05) is 0 Å². The molecule has 5 aromatic rings. The highest BCUT2D eigenvalue weighted by Crippen LogP contribution is 2.38. The zero-order valence-corrected chi connectivity index (χ0v) is 17.2. The summed E-state index contributed by atoms with van der Waals surface area (Å²) in [5.74, 6) is 0. The van der Waals surface area contributed by atoms with Crippen LogP contribution >= 0.6 is 0 Å². The fourth-order valence-corrected chi connectivity index (χ4v) is 4.47. The van der Waals surface area contributed by atoms with Crippen molar-refractivity contribution in [2.45, 2.75) is 26.3 Å². The van der Waals surface area contributed by atoms with Crippen LogP contribution in [-0.4, -0.2) is 4.57 Å². The van der Waals surface area contributed by atoms with Crippen molar-refractivity contribution in [3.8, 4) is 22.3 Å². The van der Waals surface area contributed by atoms with Gasteiger partial charge in [0, 0.05) is 27.3 Å². The van der Waals surface area contributed by atoms with Gasteiger partial charge in [-0.3, -0.25) is 0 Å². The quantitative estimate of drug-likeness (QED) is 0.296. The van der Waals surface area contributed by atoms with Crippen LogP contribution in [0.1, 0.15) is 20.8 Å². The minimum atomic E-state index is 0.0187. The normalized spacial score (nSPS) is 12.0. The number of benzene rings is 4. The maximum absolute atomic E-state index is 2.46. The Morgan fingerprint density at radius 3 is 1.83 bits per heavy atom. The summed E-state index contributed by atoms with van der Waals surface area (Å²) in [6.45, 7) is 6.83. The summed E-state index contributed by atoms with van der Waals surface area (Å²) in [6, 6.07) is 35.0. The maximum atomic E-state index is 2.46. The maximum Gasteiger partial charge on any atom is 0.0496 e. The van der Waals surface area contributed by atoms with Crippen molar-refractivity contribution in [2.24, 2.45) is 0 Å². The first-order valence-corrected chi connectivity index (χ1v) is 10.2. The van der Waals surface area contributed by atoms with Crippen LogP contribution in [0.15, 0.2) is 97.1 Å². The lowest BCUT2D eigenvalue weighted by Gasteiger charge is -2.24. The molecule has 0 bridgehead atoms. The summed E-state index contributed by atoms with van der Waals surface area (Å²) in [5, 5.41) is 2.63. The molecule has 1 heterocycles. The van der Waals surface area contributed by atoms with Crippen molar-refractivity contribution in [1.29, 1.82) is 0 Å². The molecular weight excluding hydrogens is 350 g/mol. The van der Waals surface area contributed by atoms with Gasteiger partial charge in [0.2, 0.25) is 0 Å². The average molecular weight is 376 g/mol. The molecule has 0 saturated heterocycles. The summed E-state index contributed by atoms with van der Waals surface area (Å²) in [7, 11) is 0. The van der Waals surface area contributed by atoms with E-state index >= 15 is 0 Å². The second kappa shape index (κ2) is 6.63. The van der Waals surface area contributed by atoms with E-state index in [2.05, 4.69) is 122 Å². The fourth-order valence-electron chi connectivity index (χ4n) is 4.47. The average Bonchev–Trinajstić information content (AvgIpc) is 3.08. The molecule has 29 heavy (non-hydrogen) atoms. The van der Waals surface area contributed by atoms with Crippen molar-refractivity contribution in [3.63, 3.8) is 0 Å². The van der Waals surface area contributed by atoms with Gasteiger partial charge in [-0.1, -0.05) is 78.9 Å². The van der Waals surface area contributed by atoms with Crippen LogP contribution in [0.5, 0.6) is 0 Å². The van der Waals surface area contributed by atoms with Gasteiger partial charge in [-0.25, -0.2) is 0 Å². The molecule has 0 amide bonds. The number of hydrogen-bond donors (Lipinski definition) is 0. The van der Waals surface area contributed by atoms with Crippen molar-refractivity contribution >= 4 is 21.8 Å². The SMILES string of the molecule is CC(C)(C)n1c2ccccc2c2cc(-c3ccccc3-c3ccccc3)ccc21. The van der Waals surface area contributed by atoms with Crippen molar-refractivity contribution in [1.82, 2.24) is 4.57 Å². The fraction of sp³-hybridized carbons (Fsp3) is 0.143. The first-order chi connectivity index (χ1) is 14.0. The van der Waals surface area contributed by atoms with Gasteiger partial charge in [-0.2, -0.15) is 0 Å². The van der Waals surface area contributed by atoms with Crippen LogP contribution in [0.4, 0.5) is 0 Å². The Labute approximate surface area is 172 Å². The highest BCUT2D eigenvalue weighted by molar-refractivity contribution is 6.09. The topological polar surface area (TPSA) is 4.93 Å². The van der Waals surface area contributed by atoms with Crippen LogP contribution in [0.25, 0.3) is 44.1 Å². The molecule has 0 aliphatic rings. The Balaban J connectivity index is 1.79. The molecule has 0 N–H and O–H groups in total. The second-order valence-corrected chi connectivity index (χ2v) is 8.67. The van der Waals surface area contributed by atoms with Crippen LogP contribution in [-0.2, 0) is 5.54 Å². The molecule has 1 nitrogen and oxygen atoms in total. The van der Waals surface area contributed by atoms with Gasteiger partial charge < -0.3 is 4.57 Å². The number of fused-ring (bicyclic) bond motifs is 3. The van der Waals surface area contributed by atoms with E-state index < -0.39 is 0 Å². The molecule has 4 aromatic carbocycles. The van der Waals surface area contributed by atoms with Gasteiger partial charge in [-0.15, -0.1) is 0 Å². The molecule has 142 valence electrons. The Morgan fingerprint density at radius 2 is 1.10 bits per heavy atom. The molecule has 0 fully saturated rings. The van der Waals surface area contributed by atoms with E-state index in [9.17, 15) is 0 Å². The molecule has 0 spiro atoms. The number of hydrogen-bond acceptors (Lipinski definition) is 0. The Kier molecular flexibility index (Phi) is 4.06. The van der Waals surface area contributed by atoms with Crippen molar-refractivity contribution in [3.05, 3.63) is 97.1 Å². The third-order valence-electron chi connectivity index (χ3n) is 5.67. The lowest BCUT2D eigenvalue weighted by atomic mass is 9.94. The molecule has 0 aliphatic carbocycles.